The fourth-order valence-corrected chi connectivity index (χ4v) is 1.93. The van der Waals surface area contributed by atoms with Crippen LogP contribution in [0.15, 0.2) is 53.6 Å². The third-order valence-electron chi connectivity index (χ3n) is 3.29. The second-order valence-electron chi connectivity index (χ2n) is 6.48. The van der Waals surface area contributed by atoms with Crippen molar-refractivity contribution >= 4 is 23.0 Å². The number of nitrogens with one attached hydrogen (secondary N) is 2. The molecule has 128 valence electrons. The smallest absolute Gasteiger partial charge is 0.205 e. The van der Waals surface area contributed by atoms with Gasteiger partial charge in [-0.3, -0.25) is 10.2 Å². The van der Waals surface area contributed by atoms with Gasteiger partial charge in [-0.1, -0.05) is 26.8 Å². The van der Waals surface area contributed by atoms with E-state index < -0.39 is 11.2 Å². The second kappa shape index (κ2) is 7.58. The molecule has 2 aromatic carbocycles. The molecule has 25 heavy (non-hydrogen) atoms. The number of carbonyl (C=O) groups is 1. The number of hydrogen-bond acceptors (Lipinski definition) is 4. The van der Waals surface area contributed by atoms with Crippen molar-refractivity contribution < 1.29 is 9.18 Å². The highest BCUT2D eigenvalue weighted by atomic mass is 19.1. The monoisotopic (exact) mass is 338 g/mol. The van der Waals surface area contributed by atoms with E-state index in [0.717, 1.165) is 0 Å². The number of hydrogen-bond donors (Lipinski definition) is 2. The Bertz CT molecular complexity index is 830. The fraction of sp³-hybridized carbons (Fsp3) is 0.211. The molecule has 0 atom stereocenters. The zero-order chi connectivity index (χ0) is 18.4. The van der Waals surface area contributed by atoms with Crippen LogP contribution in [0, 0.1) is 22.6 Å². The number of amidine groups is 1. The van der Waals surface area contributed by atoms with E-state index in [4.69, 9.17) is 5.26 Å². The SMILES string of the molecule is CC(C)(C)C(=O)/C(=N/Nc1ccc(C#N)cc1)Nc1cccc(F)c1. The van der Waals surface area contributed by atoms with E-state index in [1.54, 1.807) is 57.2 Å². The van der Waals surface area contributed by atoms with Gasteiger partial charge in [-0.15, -0.1) is 0 Å². The highest BCUT2D eigenvalue weighted by Gasteiger charge is 2.27. The van der Waals surface area contributed by atoms with Crippen molar-refractivity contribution in [3.63, 3.8) is 0 Å². The van der Waals surface area contributed by atoms with Crippen LogP contribution in [0.2, 0.25) is 0 Å². The third-order valence-corrected chi connectivity index (χ3v) is 3.29. The molecule has 0 amide bonds. The van der Waals surface area contributed by atoms with E-state index in [1.165, 1.54) is 12.1 Å². The number of nitriles is 1. The fourth-order valence-electron chi connectivity index (χ4n) is 1.93. The van der Waals surface area contributed by atoms with Gasteiger partial charge in [-0.2, -0.15) is 10.4 Å². The molecule has 6 heteroatoms. The average Bonchev–Trinajstić information content (AvgIpc) is 2.57. The van der Waals surface area contributed by atoms with Crippen LogP contribution in [0.25, 0.3) is 0 Å². The number of hydrazone groups is 1. The number of anilines is 2. The molecule has 0 radical (unpaired) electrons. The number of halogens is 1. The maximum atomic E-state index is 13.4. The van der Waals surface area contributed by atoms with Gasteiger partial charge in [-0.25, -0.2) is 4.39 Å². The predicted molar refractivity (Wildman–Crippen MR) is 96.7 cm³/mol. The number of carbonyl (C=O) groups excluding carboxylic acids is 1. The molecule has 5 nitrogen and oxygen atoms in total. The van der Waals surface area contributed by atoms with Crippen LogP contribution in [-0.2, 0) is 4.79 Å². The van der Waals surface area contributed by atoms with Crippen molar-refractivity contribution in [2.24, 2.45) is 10.5 Å². The Balaban J connectivity index is 2.26. The van der Waals surface area contributed by atoms with Gasteiger partial charge in [0.25, 0.3) is 0 Å². The summed E-state index contributed by atoms with van der Waals surface area (Å²) in [6.07, 6.45) is 0. The van der Waals surface area contributed by atoms with Gasteiger partial charge in [0.15, 0.2) is 5.84 Å². The van der Waals surface area contributed by atoms with Crippen LogP contribution < -0.4 is 10.7 Å². The van der Waals surface area contributed by atoms with Crippen molar-refractivity contribution in [3.8, 4) is 6.07 Å². The average molecular weight is 338 g/mol. The van der Waals surface area contributed by atoms with Gasteiger partial charge in [0.1, 0.15) is 5.82 Å². The van der Waals surface area contributed by atoms with Crippen LogP contribution in [0.5, 0.6) is 0 Å². The van der Waals surface area contributed by atoms with Crippen molar-refractivity contribution in [2.45, 2.75) is 20.8 Å². The molecule has 2 N–H and O–H groups in total. The van der Waals surface area contributed by atoms with Crippen molar-refractivity contribution in [2.75, 3.05) is 10.7 Å². The van der Waals surface area contributed by atoms with Crippen molar-refractivity contribution in [1.29, 1.82) is 5.26 Å². The van der Waals surface area contributed by atoms with Gasteiger partial charge < -0.3 is 5.32 Å². The number of benzene rings is 2. The molecule has 0 unspecified atom stereocenters. The summed E-state index contributed by atoms with van der Waals surface area (Å²) in [5, 5.41) is 15.8. The lowest BCUT2D eigenvalue weighted by Crippen LogP contribution is -2.34. The molecule has 0 aliphatic carbocycles. The molecule has 0 aliphatic rings. The molecule has 0 spiro atoms. The van der Waals surface area contributed by atoms with Crippen LogP contribution in [-0.4, -0.2) is 11.6 Å². The quantitative estimate of drug-likeness (QED) is 0.499. The summed E-state index contributed by atoms with van der Waals surface area (Å²) in [4.78, 5) is 12.6. The summed E-state index contributed by atoms with van der Waals surface area (Å²) in [5.41, 5.74) is 3.70. The first-order valence-electron chi connectivity index (χ1n) is 7.71. The summed E-state index contributed by atoms with van der Waals surface area (Å²) < 4.78 is 13.4. The highest BCUT2D eigenvalue weighted by molar-refractivity contribution is 6.44. The molecule has 0 saturated carbocycles. The molecule has 0 heterocycles. The summed E-state index contributed by atoms with van der Waals surface area (Å²) in [7, 11) is 0. The van der Waals surface area contributed by atoms with Gasteiger partial charge in [0, 0.05) is 11.1 Å². The van der Waals surface area contributed by atoms with Crippen LogP contribution >= 0.6 is 0 Å². The summed E-state index contributed by atoms with van der Waals surface area (Å²) in [5.74, 6) is -0.562. The molecule has 0 bridgehead atoms. The lowest BCUT2D eigenvalue weighted by molar-refractivity contribution is -0.119. The molecular weight excluding hydrogens is 319 g/mol. The zero-order valence-corrected chi connectivity index (χ0v) is 14.3. The van der Waals surface area contributed by atoms with Gasteiger partial charge in [0.05, 0.1) is 17.3 Å². The van der Waals surface area contributed by atoms with Crippen molar-refractivity contribution in [3.05, 3.63) is 59.9 Å². The normalized spacial score (nSPS) is 11.6. The van der Waals surface area contributed by atoms with E-state index in [9.17, 15) is 9.18 Å². The molecular formula is C19H19FN4O. The highest BCUT2D eigenvalue weighted by Crippen LogP contribution is 2.18. The second-order valence-corrected chi connectivity index (χ2v) is 6.48. The van der Waals surface area contributed by atoms with E-state index in [0.29, 0.717) is 16.9 Å². The van der Waals surface area contributed by atoms with Crippen LogP contribution in [0.3, 0.4) is 0 Å². The molecule has 2 aromatic rings. The largest absolute Gasteiger partial charge is 0.336 e. The first kappa shape index (κ1) is 18.1. The Labute approximate surface area is 146 Å². The van der Waals surface area contributed by atoms with E-state index in [-0.39, 0.29) is 11.6 Å². The zero-order valence-electron chi connectivity index (χ0n) is 14.3. The number of ketones is 1. The van der Waals surface area contributed by atoms with Crippen molar-refractivity contribution in [1.82, 2.24) is 0 Å². The lowest BCUT2D eigenvalue weighted by atomic mass is 9.90. The van der Waals surface area contributed by atoms with E-state index >= 15 is 0 Å². The van der Waals surface area contributed by atoms with Gasteiger partial charge in [-0.05, 0) is 42.5 Å². The number of Topliss-reactive ketones (excluding diaryl/α,β-unsaturated/α-hetero) is 1. The van der Waals surface area contributed by atoms with Gasteiger partial charge >= 0.3 is 0 Å². The van der Waals surface area contributed by atoms with Gasteiger partial charge in [0.2, 0.25) is 5.78 Å². The third kappa shape index (κ3) is 5.15. The lowest BCUT2D eigenvalue weighted by Gasteiger charge is -2.19. The molecule has 0 aliphatic heterocycles. The number of rotatable bonds is 4. The Morgan fingerprint density at radius 2 is 1.80 bits per heavy atom. The topological polar surface area (TPSA) is 77.3 Å². The molecule has 0 fully saturated rings. The van der Waals surface area contributed by atoms with E-state index in [2.05, 4.69) is 15.8 Å². The minimum atomic E-state index is -0.661. The molecule has 0 aromatic heterocycles. The Morgan fingerprint density at radius 3 is 2.36 bits per heavy atom. The minimum Gasteiger partial charge on any atom is -0.336 e. The maximum absolute atomic E-state index is 13.4. The predicted octanol–water partition coefficient (Wildman–Crippen LogP) is 4.15. The Hall–Kier alpha value is -3.20. The Kier molecular flexibility index (Phi) is 5.50. The standard InChI is InChI=1S/C19H19FN4O/c1-19(2,3)17(25)18(22-16-6-4-5-14(20)11-16)24-23-15-9-7-13(12-21)8-10-15/h4-11,23H,1-3H3,(H,22,24). The van der Waals surface area contributed by atoms with Crippen LogP contribution in [0.4, 0.5) is 15.8 Å². The van der Waals surface area contributed by atoms with Crippen LogP contribution in [0.1, 0.15) is 26.3 Å². The first-order valence-corrected chi connectivity index (χ1v) is 7.71. The summed E-state index contributed by atoms with van der Waals surface area (Å²) >= 11 is 0. The minimum absolute atomic E-state index is 0.0717. The Morgan fingerprint density at radius 1 is 1.12 bits per heavy atom. The first-order chi connectivity index (χ1) is 11.8. The summed E-state index contributed by atoms with van der Waals surface area (Å²) in [6.45, 7) is 5.33. The molecule has 2 rings (SSSR count). The maximum Gasteiger partial charge on any atom is 0.205 e. The summed E-state index contributed by atoms with van der Waals surface area (Å²) in [6, 6.07) is 14.5. The number of nitrogens with zero attached hydrogens (tertiary/aromatic N) is 2. The van der Waals surface area contributed by atoms with E-state index in [1.807, 2.05) is 6.07 Å². The molecule has 0 saturated heterocycles.